The topological polar surface area (TPSA) is 29.1 Å². The second kappa shape index (κ2) is 7.27. The van der Waals surface area contributed by atoms with Crippen LogP contribution in [0.25, 0.3) is 0 Å². The molecule has 0 rings (SSSR count). The molecule has 3 heteroatoms. The number of hydrogen-bond donors (Lipinski definition) is 1. The maximum atomic E-state index is 11.7. The predicted octanol–water partition coefficient (Wildman–Crippen LogP) is 2.96. The van der Waals surface area contributed by atoms with Gasteiger partial charge in [0.25, 0.3) is 0 Å². The Labute approximate surface area is 96.0 Å². The van der Waals surface area contributed by atoms with Gasteiger partial charge in [-0.3, -0.25) is 4.79 Å². The zero-order valence-corrected chi connectivity index (χ0v) is 11.2. The van der Waals surface area contributed by atoms with Crippen molar-refractivity contribution < 1.29 is 4.79 Å². The fourth-order valence-electron chi connectivity index (χ4n) is 1.15. The number of carbonyl (C=O) groups excluding carboxylic acids is 1. The van der Waals surface area contributed by atoms with E-state index in [0.717, 1.165) is 18.2 Å². The molecule has 1 N–H and O–H groups in total. The van der Waals surface area contributed by atoms with E-state index in [0.29, 0.717) is 12.0 Å². The molecule has 0 spiro atoms. The average Bonchev–Trinajstić information content (AvgIpc) is 2.15. The van der Waals surface area contributed by atoms with E-state index in [2.05, 4.69) is 42.0 Å². The van der Waals surface area contributed by atoms with Gasteiger partial charge < -0.3 is 5.32 Å². The lowest BCUT2D eigenvalue weighted by Crippen LogP contribution is -2.39. The SMILES string of the molecule is CCC(CCBr)NC(=O)C(C)C(C)C. The molecule has 0 fully saturated rings. The fourth-order valence-corrected chi connectivity index (χ4v) is 1.70. The number of rotatable bonds is 6. The molecule has 0 saturated heterocycles. The van der Waals surface area contributed by atoms with Gasteiger partial charge in [-0.2, -0.15) is 0 Å². The average molecular weight is 264 g/mol. The van der Waals surface area contributed by atoms with Crippen LogP contribution in [0, 0.1) is 11.8 Å². The minimum atomic E-state index is 0.111. The Morgan fingerprint density at radius 1 is 1.36 bits per heavy atom. The molecule has 84 valence electrons. The number of alkyl halides is 1. The third-order valence-corrected chi connectivity index (χ3v) is 3.17. The molecule has 0 saturated carbocycles. The summed E-state index contributed by atoms with van der Waals surface area (Å²) in [5, 5.41) is 4.03. The second-order valence-electron chi connectivity index (χ2n) is 4.12. The lowest BCUT2D eigenvalue weighted by Gasteiger charge is -2.20. The highest BCUT2D eigenvalue weighted by molar-refractivity contribution is 9.09. The van der Waals surface area contributed by atoms with E-state index in [-0.39, 0.29) is 11.8 Å². The molecular weight excluding hydrogens is 242 g/mol. The highest BCUT2D eigenvalue weighted by Crippen LogP contribution is 2.11. The van der Waals surface area contributed by atoms with E-state index in [4.69, 9.17) is 0 Å². The van der Waals surface area contributed by atoms with Crippen molar-refractivity contribution in [2.75, 3.05) is 5.33 Å². The van der Waals surface area contributed by atoms with Gasteiger partial charge in [0.2, 0.25) is 5.91 Å². The third-order valence-electron chi connectivity index (χ3n) is 2.71. The quantitative estimate of drug-likeness (QED) is 0.734. The van der Waals surface area contributed by atoms with E-state index >= 15 is 0 Å². The Hall–Kier alpha value is -0.0500. The van der Waals surface area contributed by atoms with E-state index < -0.39 is 0 Å². The van der Waals surface area contributed by atoms with Crippen LogP contribution in [0.3, 0.4) is 0 Å². The predicted molar refractivity (Wildman–Crippen MR) is 64.6 cm³/mol. The molecule has 2 unspecified atom stereocenters. The molecular formula is C11H22BrNO. The van der Waals surface area contributed by atoms with Crippen LogP contribution in [0.1, 0.15) is 40.5 Å². The summed E-state index contributed by atoms with van der Waals surface area (Å²) in [5.41, 5.74) is 0. The molecule has 0 bridgehead atoms. The van der Waals surface area contributed by atoms with Crippen molar-refractivity contribution >= 4 is 21.8 Å². The van der Waals surface area contributed by atoms with Crippen LogP contribution in [0.5, 0.6) is 0 Å². The zero-order valence-electron chi connectivity index (χ0n) is 9.64. The van der Waals surface area contributed by atoms with Gasteiger partial charge in [0.15, 0.2) is 0 Å². The van der Waals surface area contributed by atoms with Gasteiger partial charge in [0.05, 0.1) is 0 Å². The molecule has 0 aliphatic rings. The van der Waals surface area contributed by atoms with Gasteiger partial charge in [-0.1, -0.05) is 43.6 Å². The van der Waals surface area contributed by atoms with E-state index in [1.807, 2.05) is 6.92 Å². The number of halogens is 1. The summed E-state index contributed by atoms with van der Waals surface area (Å²) in [6.45, 7) is 8.25. The van der Waals surface area contributed by atoms with Crippen molar-refractivity contribution in [2.45, 2.75) is 46.6 Å². The number of nitrogens with one attached hydrogen (secondary N) is 1. The third kappa shape index (κ3) is 4.99. The molecule has 2 atom stereocenters. The summed E-state index contributed by atoms with van der Waals surface area (Å²) in [4.78, 5) is 11.7. The minimum absolute atomic E-state index is 0.111. The molecule has 0 aliphatic carbocycles. The molecule has 1 amide bonds. The van der Waals surface area contributed by atoms with Crippen molar-refractivity contribution in [2.24, 2.45) is 11.8 Å². The van der Waals surface area contributed by atoms with Crippen molar-refractivity contribution in [3.8, 4) is 0 Å². The summed E-state index contributed by atoms with van der Waals surface area (Å²) < 4.78 is 0. The molecule has 0 aromatic rings. The van der Waals surface area contributed by atoms with Crippen LogP contribution in [0.2, 0.25) is 0 Å². The number of hydrogen-bond acceptors (Lipinski definition) is 1. The summed E-state index contributed by atoms with van der Waals surface area (Å²) in [6, 6.07) is 0.322. The maximum absolute atomic E-state index is 11.7. The Morgan fingerprint density at radius 3 is 2.29 bits per heavy atom. The monoisotopic (exact) mass is 263 g/mol. The van der Waals surface area contributed by atoms with Gasteiger partial charge in [-0.25, -0.2) is 0 Å². The van der Waals surface area contributed by atoms with Crippen molar-refractivity contribution in [3.63, 3.8) is 0 Å². The summed E-state index contributed by atoms with van der Waals surface area (Å²) in [7, 11) is 0. The molecule has 14 heavy (non-hydrogen) atoms. The summed E-state index contributed by atoms with van der Waals surface area (Å²) >= 11 is 3.40. The Kier molecular flexibility index (Phi) is 7.24. The fraction of sp³-hybridized carbons (Fsp3) is 0.909. The smallest absolute Gasteiger partial charge is 0.223 e. The highest BCUT2D eigenvalue weighted by atomic mass is 79.9. The lowest BCUT2D eigenvalue weighted by molar-refractivity contribution is -0.126. The molecule has 0 aromatic carbocycles. The Balaban J connectivity index is 4.01. The van der Waals surface area contributed by atoms with Crippen molar-refractivity contribution in [1.29, 1.82) is 0 Å². The number of carbonyl (C=O) groups is 1. The van der Waals surface area contributed by atoms with Gasteiger partial charge in [0, 0.05) is 17.3 Å². The second-order valence-corrected chi connectivity index (χ2v) is 4.92. The van der Waals surface area contributed by atoms with Crippen molar-refractivity contribution in [1.82, 2.24) is 5.32 Å². The summed E-state index contributed by atoms with van der Waals surface area (Å²) in [6.07, 6.45) is 2.01. The van der Waals surface area contributed by atoms with Crippen molar-refractivity contribution in [3.05, 3.63) is 0 Å². The molecule has 0 radical (unpaired) electrons. The van der Waals surface area contributed by atoms with Crippen LogP contribution in [-0.4, -0.2) is 17.3 Å². The first-order valence-corrected chi connectivity index (χ1v) is 6.51. The van der Waals surface area contributed by atoms with E-state index in [1.54, 1.807) is 0 Å². The normalized spacial score (nSPS) is 15.3. The highest BCUT2D eigenvalue weighted by Gasteiger charge is 2.18. The first-order valence-electron chi connectivity index (χ1n) is 5.39. The first-order chi connectivity index (χ1) is 6.52. The Bertz CT molecular complexity index is 171. The van der Waals surface area contributed by atoms with E-state index in [1.165, 1.54) is 0 Å². The van der Waals surface area contributed by atoms with Crippen LogP contribution in [0.15, 0.2) is 0 Å². The standard InChI is InChI=1S/C11H22BrNO/c1-5-10(6-7-12)13-11(14)9(4)8(2)3/h8-10H,5-7H2,1-4H3,(H,13,14). The van der Waals surface area contributed by atoms with E-state index in [9.17, 15) is 4.79 Å². The Morgan fingerprint density at radius 2 is 1.93 bits per heavy atom. The largest absolute Gasteiger partial charge is 0.353 e. The lowest BCUT2D eigenvalue weighted by atomic mass is 9.96. The van der Waals surface area contributed by atoms with Crippen LogP contribution < -0.4 is 5.32 Å². The summed E-state index contributed by atoms with van der Waals surface area (Å²) in [5.74, 6) is 0.712. The molecule has 0 aromatic heterocycles. The van der Waals surface area contributed by atoms with Crippen LogP contribution in [0.4, 0.5) is 0 Å². The van der Waals surface area contributed by atoms with Crippen LogP contribution >= 0.6 is 15.9 Å². The van der Waals surface area contributed by atoms with Gasteiger partial charge >= 0.3 is 0 Å². The first kappa shape index (κ1) is 13.9. The van der Waals surface area contributed by atoms with Gasteiger partial charge in [0.1, 0.15) is 0 Å². The van der Waals surface area contributed by atoms with Gasteiger partial charge in [-0.05, 0) is 18.8 Å². The van der Waals surface area contributed by atoms with Crippen LogP contribution in [-0.2, 0) is 4.79 Å². The van der Waals surface area contributed by atoms with Gasteiger partial charge in [-0.15, -0.1) is 0 Å². The molecule has 0 heterocycles. The molecule has 0 aliphatic heterocycles. The maximum Gasteiger partial charge on any atom is 0.223 e. The minimum Gasteiger partial charge on any atom is -0.353 e. The zero-order chi connectivity index (χ0) is 11.1. The number of amides is 1. The molecule has 2 nitrogen and oxygen atoms in total.